The summed E-state index contributed by atoms with van der Waals surface area (Å²) >= 11 is 5.82. The van der Waals surface area contributed by atoms with Gasteiger partial charge in [-0.2, -0.15) is 0 Å². The molecule has 1 fully saturated rings. The third kappa shape index (κ3) is 4.97. The zero-order valence-corrected chi connectivity index (χ0v) is 14.5. The summed E-state index contributed by atoms with van der Waals surface area (Å²) in [7, 11) is 0. The van der Waals surface area contributed by atoms with Crippen molar-refractivity contribution in [2.45, 2.75) is 25.9 Å². The van der Waals surface area contributed by atoms with Crippen LogP contribution in [-0.2, 0) is 9.59 Å². The van der Waals surface area contributed by atoms with E-state index < -0.39 is 6.10 Å². The van der Waals surface area contributed by atoms with Gasteiger partial charge in [0.25, 0.3) is 5.91 Å². The third-order valence-corrected chi connectivity index (χ3v) is 4.12. The highest BCUT2D eigenvalue weighted by atomic mass is 35.5. The van der Waals surface area contributed by atoms with Crippen LogP contribution in [0.3, 0.4) is 0 Å². The SMILES string of the molecule is C[C@@H](Oc1ccc(Cl)cc1)C(=O)Nc1ccc(NC(=O)C2CC2)cc1. The van der Waals surface area contributed by atoms with Crippen LogP contribution in [0.4, 0.5) is 11.4 Å². The minimum atomic E-state index is -0.657. The largest absolute Gasteiger partial charge is 0.481 e. The van der Waals surface area contributed by atoms with Gasteiger partial charge in [-0.05, 0) is 68.3 Å². The highest BCUT2D eigenvalue weighted by Crippen LogP contribution is 2.30. The lowest BCUT2D eigenvalue weighted by atomic mass is 10.2. The van der Waals surface area contributed by atoms with Gasteiger partial charge in [-0.25, -0.2) is 0 Å². The molecule has 3 rings (SSSR count). The van der Waals surface area contributed by atoms with Crippen LogP contribution in [0.15, 0.2) is 48.5 Å². The molecule has 2 amide bonds. The third-order valence-electron chi connectivity index (χ3n) is 3.86. The summed E-state index contributed by atoms with van der Waals surface area (Å²) in [5.41, 5.74) is 1.36. The monoisotopic (exact) mass is 358 g/mol. The lowest BCUT2D eigenvalue weighted by Crippen LogP contribution is -2.30. The summed E-state index contributed by atoms with van der Waals surface area (Å²) in [6.07, 6.45) is 1.27. The number of carbonyl (C=O) groups is 2. The van der Waals surface area contributed by atoms with Crippen molar-refractivity contribution in [1.29, 1.82) is 0 Å². The molecule has 0 aliphatic heterocycles. The van der Waals surface area contributed by atoms with Gasteiger partial charge in [0.2, 0.25) is 5.91 Å². The second-order valence-corrected chi connectivity index (χ2v) is 6.48. The zero-order valence-electron chi connectivity index (χ0n) is 13.8. The van der Waals surface area contributed by atoms with Crippen molar-refractivity contribution < 1.29 is 14.3 Å². The molecule has 2 N–H and O–H groups in total. The number of rotatable bonds is 6. The number of carbonyl (C=O) groups excluding carboxylic acids is 2. The topological polar surface area (TPSA) is 67.4 Å². The Balaban J connectivity index is 1.52. The van der Waals surface area contributed by atoms with Gasteiger partial charge in [0.15, 0.2) is 6.10 Å². The molecular weight excluding hydrogens is 340 g/mol. The maximum atomic E-state index is 12.2. The average molecular weight is 359 g/mol. The highest BCUT2D eigenvalue weighted by Gasteiger charge is 2.29. The Kier molecular flexibility index (Phi) is 5.24. The number of anilines is 2. The Morgan fingerprint density at radius 2 is 1.56 bits per heavy atom. The first-order valence-corrected chi connectivity index (χ1v) is 8.53. The Labute approximate surface area is 151 Å². The first-order valence-electron chi connectivity index (χ1n) is 8.15. The van der Waals surface area contributed by atoms with Crippen molar-refractivity contribution in [3.8, 4) is 5.75 Å². The molecular formula is C19H19ClN2O3. The first-order chi connectivity index (χ1) is 12.0. The van der Waals surface area contributed by atoms with E-state index >= 15 is 0 Å². The minimum Gasteiger partial charge on any atom is -0.481 e. The quantitative estimate of drug-likeness (QED) is 0.817. The molecule has 0 radical (unpaired) electrons. The maximum Gasteiger partial charge on any atom is 0.265 e. The van der Waals surface area contributed by atoms with Crippen LogP contribution >= 0.6 is 11.6 Å². The van der Waals surface area contributed by atoms with Crippen LogP contribution in [0, 0.1) is 5.92 Å². The normalized spacial score (nSPS) is 14.5. The molecule has 1 aliphatic carbocycles. The lowest BCUT2D eigenvalue weighted by Gasteiger charge is -2.15. The van der Waals surface area contributed by atoms with E-state index in [4.69, 9.17) is 16.3 Å². The highest BCUT2D eigenvalue weighted by molar-refractivity contribution is 6.30. The van der Waals surface area contributed by atoms with Crippen molar-refractivity contribution >= 4 is 34.8 Å². The maximum absolute atomic E-state index is 12.2. The van der Waals surface area contributed by atoms with Gasteiger partial charge in [-0.15, -0.1) is 0 Å². The molecule has 2 aromatic carbocycles. The molecule has 0 bridgehead atoms. The van der Waals surface area contributed by atoms with E-state index in [1.54, 1.807) is 55.5 Å². The molecule has 130 valence electrons. The summed E-state index contributed by atoms with van der Waals surface area (Å²) in [6, 6.07) is 13.9. The summed E-state index contributed by atoms with van der Waals surface area (Å²) < 4.78 is 5.59. The molecule has 1 aliphatic rings. The minimum absolute atomic E-state index is 0.0572. The second-order valence-electron chi connectivity index (χ2n) is 6.04. The number of hydrogen-bond acceptors (Lipinski definition) is 3. The molecule has 0 unspecified atom stereocenters. The number of amides is 2. The van der Waals surface area contributed by atoms with E-state index in [1.807, 2.05) is 0 Å². The molecule has 0 heterocycles. The van der Waals surface area contributed by atoms with E-state index in [0.29, 0.717) is 16.5 Å². The second kappa shape index (κ2) is 7.57. The van der Waals surface area contributed by atoms with E-state index in [1.165, 1.54) is 0 Å². The average Bonchev–Trinajstić information content (AvgIpc) is 3.43. The predicted octanol–water partition coefficient (Wildman–Crippen LogP) is 4.09. The summed E-state index contributed by atoms with van der Waals surface area (Å²) in [5, 5.41) is 6.25. The van der Waals surface area contributed by atoms with Crippen molar-refractivity contribution in [2.75, 3.05) is 10.6 Å². The number of halogens is 1. The van der Waals surface area contributed by atoms with Gasteiger partial charge in [0.1, 0.15) is 5.75 Å². The predicted molar refractivity (Wildman–Crippen MR) is 98.0 cm³/mol. The first kappa shape index (κ1) is 17.3. The van der Waals surface area contributed by atoms with Crippen molar-refractivity contribution in [3.63, 3.8) is 0 Å². The van der Waals surface area contributed by atoms with E-state index in [-0.39, 0.29) is 17.7 Å². The van der Waals surface area contributed by atoms with Crippen LogP contribution < -0.4 is 15.4 Å². The van der Waals surface area contributed by atoms with Gasteiger partial charge in [-0.1, -0.05) is 11.6 Å². The van der Waals surface area contributed by atoms with Crippen LogP contribution in [0.25, 0.3) is 0 Å². The van der Waals surface area contributed by atoms with Crippen molar-refractivity contribution in [1.82, 2.24) is 0 Å². The van der Waals surface area contributed by atoms with E-state index in [0.717, 1.165) is 18.5 Å². The number of benzene rings is 2. The van der Waals surface area contributed by atoms with Crippen LogP contribution in [0.5, 0.6) is 5.75 Å². The molecule has 2 aromatic rings. The van der Waals surface area contributed by atoms with E-state index in [9.17, 15) is 9.59 Å². The molecule has 6 heteroatoms. The molecule has 25 heavy (non-hydrogen) atoms. The number of nitrogens with one attached hydrogen (secondary N) is 2. The molecule has 0 aromatic heterocycles. The smallest absolute Gasteiger partial charge is 0.265 e. The fourth-order valence-electron chi connectivity index (χ4n) is 2.24. The van der Waals surface area contributed by atoms with E-state index in [2.05, 4.69) is 10.6 Å². The Morgan fingerprint density at radius 1 is 1.00 bits per heavy atom. The van der Waals surface area contributed by atoms with Gasteiger partial charge in [-0.3, -0.25) is 9.59 Å². The van der Waals surface area contributed by atoms with Gasteiger partial charge < -0.3 is 15.4 Å². The van der Waals surface area contributed by atoms with Gasteiger partial charge >= 0.3 is 0 Å². The van der Waals surface area contributed by atoms with Crippen molar-refractivity contribution in [2.24, 2.45) is 5.92 Å². The van der Waals surface area contributed by atoms with Gasteiger partial charge in [0, 0.05) is 22.3 Å². The zero-order chi connectivity index (χ0) is 17.8. The Bertz CT molecular complexity index is 755. The summed E-state index contributed by atoms with van der Waals surface area (Å²) in [4.78, 5) is 23.9. The fraction of sp³-hybridized carbons (Fsp3) is 0.263. The summed E-state index contributed by atoms with van der Waals surface area (Å²) in [6.45, 7) is 1.67. The number of ether oxygens (including phenoxy) is 1. The van der Waals surface area contributed by atoms with Crippen LogP contribution in [0.1, 0.15) is 19.8 Å². The molecule has 1 atom stereocenters. The molecule has 1 saturated carbocycles. The number of hydrogen-bond donors (Lipinski definition) is 2. The van der Waals surface area contributed by atoms with Crippen LogP contribution in [0.2, 0.25) is 5.02 Å². The molecule has 0 spiro atoms. The van der Waals surface area contributed by atoms with Gasteiger partial charge in [0.05, 0.1) is 0 Å². The standard InChI is InChI=1S/C19H19ClN2O3/c1-12(25-17-10-4-14(20)5-11-17)18(23)21-15-6-8-16(9-7-15)22-19(24)13-2-3-13/h4-13H,2-3H2,1H3,(H,21,23)(H,22,24)/t12-/m1/s1. The Hall–Kier alpha value is -2.53. The Morgan fingerprint density at radius 3 is 2.12 bits per heavy atom. The fourth-order valence-corrected chi connectivity index (χ4v) is 2.37. The molecule has 5 nitrogen and oxygen atoms in total. The van der Waals surface area contributed by atoms with Crippen molar-refractivity contribution in [3.05, 3.63) is 53.6 Å². The van der Waals surface area contributed by atoms with Crippen LogP contribution in [-0.4, -0.2) is 17.9 Å². The summed E-state index contributed by atoms with van der Waals surface area (Å²) in [5.74, 6) is 0.530. The molecule has 0 saturated heterocycles. The lowest BCUT2D eigenvalue weighted by molar-refractivity contribution is -0.122.